The van der Waals surface area contributed by atoms with Crippen LogP contribution in [0.3, 0.4) is 0 Å². The van der Waals surface area contributed by atoms with E-state index in [0.717, 1.165) is 53.1 Å². The lowest BCUT2D eigenvalue weighted by Gasteiger charge is -2.35. The maximum atomic E-state index is 14.3. The summed E-state index contributed by atoms with van der Waals surface area (Å²) in [7, 11) is -4.17. The molecule has 1 aliphatic carbocycles. The topological polar surface area (TPSA) is 86.8 Å². The van der Waals surface area contributed by atoms with Gasteiger partial charge < -0.3 is 10.2 Å². The van der Waals surface area contributed by atoms with Crippen molar-refractivity contribution in [2.24, 2.45) is 0 Å². The SMILES string of the molecule is CC[C@H](C(=O)NC1CCCCC1)N(Cc1cccc(C)c1)C(=O)CN(c1cc(Cl)ccc1C)S(=O)(=O)c1ccc(C)cc1. The number of sulfonamides is 1. The molecule has 7 nitrogen and oxygen atoms in total. The summed E-state index contributed by atoms with van der Waals surface area (Å²) < 4.78 is 29.4. The fraction of sp³-hybridized carbons (Fsp3) is 0.412. The van der Waals surface area contributed by atoms with E-state index < -0.39 is 28.5 Å². The second-order valence-electron chi connectivity index (χ2n) is 11.5. The maximum Gasteiger partial charge on any atom is 0.264 e. The number of carbonyl (C=O) groups is 2. The molecule has 3 aromatic carbocycles. The second kappa shape index (κ2) is 14.4. The summed E-state index contributed by atoms with van der Waals surface area (Å²) in [4.78, 5) is 29.6. The lowest BCUT2D eigenvalue weighted by Crippen LogP contribution is -2.54. The summed E-state index contributed by atoms with van der Waals surface area (Å²) in [5, 5.41) is 3.54. The predicted octanol–water partition coefficient (Wildman–Crippen LogP) is 6.72. The van der Waals surface area contributed by atoms with E-state index in [-0.39, 0.29) is 23.4 Å². The lowest BCUT2D eigenvalue weighted by molar-refractivity contribution is -0.140. The summed E-state index contributed by atoms with van der Waals surface area (Å²) in [5.41, 5.74) is 3.78. The Balaban J connectivity index is 1.74. The largest absolute Gasteiger partial charge is 0.352 e. The van der Waals surface area contributed by atoms with E-state index in [1.165, 1.54) is 4.90 Å². The third-order valence-electron chi connectivity index (χ3n) is 8.10. The van der Waals surface area contributed by atoms with Crippen LogP contribution in [0.4, 0.5) is 5.69 Å². The molecule has 43 heavy (non-hydrogen) atoms. The molecule has 0 bridgehead atoms. The van der Waals surface area contributed by atoms with Crippen molar-refractivity contribution in [2.45, 2.75) is 89.7 Å². The fourth-order valence-electron chi connectivity index (χ4n) is 5.67. The first-order chi connectivity index (χ1) is 20.5. The van der Waals surface area contributed by atoms with Gasteiger partial charge in [0.1, 0.15) is 12.6 Å². The van der Waals surface area contributed by atoms with Crippen molar-refractivity contribution in [3.8, 4) is 0 Å². The van der Waals surface area contributed by atoms with Gasteiger partial charge in [-0.25, -0.2) is 8.42 Å². The first kappa shape index (κ1) is 32.6. The molecule has 2 amide bonds. The number of carbonyl (C=O) groups excluding carboxylic acids is 2. The van der Waals surface area contributed by atoms with E-state index in [2.05, 4.69) is 5.32 Å². The van der Waals surface area contributed by atoms with Crippen molar-refractivity contribution < 1.29 is 18.0 Å². The highest BCUT2D eigenvalue weighted by atomic mass is 35.5. The Hall–Kier alpha value is -3.36. The molecule has 9 heteroatoms. The van der Waals surface area contributed by atoms with E-state index >= 15 is 0 Å². The molecule has 0 spiro atoms. The molecule has 1 atom stereocenters. The molecule has 1 fully saturated rings. The van der Waals surface area contributed by atoms with Crippen LogP contribution in [0.1, 0.15) is 67.7 Å². The fourth-order valence-corrected chi connectivity index (χ4v) is 7.31. The molecule has 1 aliphatic rings. The number of aryl methyl sites for hydroxylation is 3. The second-order valence-corrected chi connectivity index (χ2v) is 13.8. The van der Waals surface area contributed by atoms with Crippen LogP contribution in [0.5, 0.6) is 0 Å². The zero-order valence-corrected chi connectivity index (χ0v) is 27.0. The number of hydrogen-bond donors (Lipinski definition) is 1. The molecule has 1 saturated carbocycles. The van der Waals surface area contributed by atoms with Crippen molar-refractivity contribution in [1.29, 1.82) is 0 Å². The number of halogens is 1. The highest BCUT2D eigenvalue weighted by Gasteiger charge is 2.35. The van der Waals surface area contributed by atoms with Gasteiger partial charge in [-0.1, -0.05) is 91.4 Å². The molecule has 0 saturated heterocycles. The molecule has 0 radical (unpaired) electrons. The average Bonchev–Trinajstić information content (AvgIpc) is 2.97. The van der Waals surface area contributed by atoms with E-state index in [1.807, 2.05) is 45.0 Å². The number of anilines is 1. The molecule has 0 unspecified atom stereocenters. The molecule has 230 valence electrons. The molecule has 0 aromatic heterocycles. The zero-order valence-electron chi connectivity index (χ0n) is 25.5. The van der Waals surface area contributed by atoms with Crippen LogP contribution in [-0.4, -0.2) is 43.8 Å². The van der Waals surface area contributed by atoms with Gasteiger partial charge in [0.15, 0.2) is 0 Å². The molecule has 0 heterocycles. The number of benzene rings is 3. The summed E-state index contributed by atoms with van der Waals surface area (Å²) in [5.74, 6) is -0.676. The maximum absolute atomic E-state index is 14.3. The van der Waals surface area contributed by atoms with E-state index in [1.54, 1.807) is 49.4 Å². The van der Waals surface area contributed by atoms with Crippen LogP contribution >= 0.6 is 11.6 Å². The standard InChI is InChI=1S/C34H42ClN3O4S/c1-5-31(34(40)36-29-12-7-6-8-13-29)37(22-27-11-9-10-25(3)20-27)33(39)23-38(32-21-28(35)17-16-26(32)4)43(41,42)30-18-14-24(2)15-19-30/h9-11,14-21,29,31H,5-8,12-13,22-23H2,1-4H3,(H,36,40)/t31-/m1/s1. The van der Waals surface area contributed by atoms with Gasteiger partial charge in [0.25, 0.3) is 10.0 Å². The molecule has 3 aromatic rings. The minimum atomic E-state index is -4.17. The summed E-state index contributed by atoms with van der Waals surface area (Å²) in [6.45, 7) is 7.20. The molecule has 4 rings (SSSR count). The highest BCUT2D eigenvalue weighted by molar-refractivity contribution is 7.92. The first-order valence-electron chi connectivity index (χ1n) is 15.0. The molecule has 0 aliphatic heterocycles. The Morgan fingerprint density at radius 1 is 0.930 bits per heavy atom. The van der Waals surface area contributed by atoms with Gasteiger partial charge in [0.2, 0.25) is 11.8 Å². The highest BCUT2D eigenvalue weighted by Crippen LogP contribution is 2.30. The van der Waals surface area contributed by atoms with E-state index in [4.69, 9.17) is 11.6 Å². The van der Waals surface area contributed by atoms with Crippen LogP contribution in [0.2, 0.25) is 5.02 Å². The Bertz CT molecular complexity index is 1540. The Kier molecular flexibility index (Phi) is 10.9. The first-order valence-corrected chi connectivity index (χ1v) is 16.8. The predicted molar refractivity (Wildman–Crippen MR) is 173 cm³/mol. The summed E-state index contributed by atoms with van der Waals surface area (Å²) in [6, 6.07) is 18.6. The Morgan fingerprint density at radius 2 is 1.63 bits per heavy atom. The van der Waals surface area contributed by atoms with Gasteiger partial charge >= 0.3 is 0 Å². The van der Waals surface area contributed by atoms with E-state index in [9.17, 15) is 18.0 Å². The van der Waals surface area contributed by atoms with Crippen molar-refractivity contribution in [2.75, 3.05) is 10.8 Å². The van der Waals surface area contributed by atoms with Crippen molar-refractivity contribution in [3.05, 3.63) is 94.0 Å². The van der Waals surface area contributed by atoms with Gasteiger partial charge in [-0.3, -0.25) is 13.9 Å². The van der Waals surface area contributed by atoms with Crippen LogP contribution < -0.4 is 9.62 Å². The summed E-state index contributed by atoms with van der Waals surface area (Å²) >= 11 is 6.34. The number of hydrogen-bond acceptors (Lipinski definition) is 4. The van der Waals surface area contributed by atoms with Gasteiger partial charge in [-0.05, 0) is 75.4 Å². The van der Waals surface area contributed by atoms with Gasteiger partial charge in [-0.15, -0.1) is 0 Å². The Labute approximate surface area is 261 Å². The lowest BCUT2D eigenvalue weighted by atomic mass is 9.95. The van der Waals surface area contributed by atoms with Crippen LogP contribution in [0.25, 0.3) is 0 Å². The monoisotopic (exact) mass is 623 g/mol. The number of nitrogens with one attached hydrogen (secondary N) is 1. The van der Waals surface area contributed by atoms with E-state index in [0.29, 0.717) is 22.7 Å². The minimum absolute atomic E-state index is 0.0672. The van der Waals surface area contributed by atoms with Crippen LogP contribution in [-0.2, 0) is 26.2 Å². The molecular formula is C34H42ClN3O4S. The van der Waals surface area contributed by atoms with Gasteiger partial charge in [-0.2, -0.15) is 0 Å². The third-order valence-corrected chi connectivity index (χ3v) is 10.1. The van der Waals surface area contributed by atoms with Crippen molar-refractivity contribution >= 4 is 39.1 Å². The van der Waals surface area contributed by atoms with Crippen molar-refractivity contribution in [1.82, 2.24) is 10.2 Å². The quantitative estimate of drug-likeness (QED) is 0.257. The molecular weight excluding hydrogens is 582 g/mol. The summed E-state index contributed by atoms with van der Waals surface area (Å²) in [6.07, 6.45) is 5.53. The minimum Gasteiger partial charge on any atom is -0.352 e. The van der Waals surface area contributed by atoms with Crippen LogP contribution in [0, 0.1) is 20.8 Å². The Morgan fingerprint density at radius 3 is 2.28 bits per heavy atom. The van der Waals surface area contributed by atoms with Gasteiger partial charge in [0, 0.05) is 17.6 Å². The zero-order chi connectivity index (χ0) is 31.1. The number of rotatable bonds is 11. The van der Waals surface area contributed by atoms with Gasteiger partial charge in [0.05, 0.1) is 10.6 Å². The number of amides is 2. The normalized spacial score (nSPS) is 14.6. The third kappa shape index (κ3) is 8.18. The molecule has 1 N–H and O–H groups in total. The smallest absolute Gasteiger partial charge is 0.264 e. The number of nitrogens with zero attached hydrogens (tertiary/aromatic N) is 2. The van der Waals surface area contributed by atoms with Crippen LogP contribution in [0.15, 0.2) is 71.6 Å². The van der Waals surface area contributed by atoms with Crippen molar-refractivity contribution in [3.63, 3.8) is 0 Å². The average molecular weight is 624 g/mol.